The van der Waals surface area contributed by atoms with Crippen LogP contribution in [0.4, 0.5) is 17.1 Å². The van der Waals surface area contributed by atoms with Gasteiger partial charge in [0.05, 0.1) is 22.1 Å². The third kappa shape index (κ3) is 6.66. The molecule has 0 unspecified atom stereocenters. The molecular weight excluding hydrogens is 871 g/mol. The first-order valence-electron chi connectivity index (χ1n) is 25.0. The number of para-hydroxylation sites is 5. The second-order valence-electron chi connectivity index (χ2n) is 19.8. The number of fused-ring (bicyclic) bond motifs is 9. The summed E-state index contributed by atoms with van der Waals surface area (Å²) in [6.45, 7) is 4.71. The van der Waals surface area contributed by atoms with Crippen molar-refractivity contribution < 1.29 is 0 Å². The van der Waals surface area contributed by atoms with Crippen LogP contribution in [0.15, 0.2) is 261 Å². The van der Waals surface area contributed by atoms with Gasteiger partial charge in [-0.2, -0.15) is 0 Å². The van der Waals surface area contributed by atoms with Crippen molar-refractivity contribution in [3.8, 4) is 55.9 Å². The molecule has 3 nitrogen and oxygen atoms in total. The van der Waals surface area contributed by atoms with Crippen molar-refractivity contribution in [3.63, 3.8) is 0 Å². The highest BCUT2D eigenvalue weighted by molar-refractivity contribution is 6.12. The molecule has 14 rings (SSSR count). The van der Waals surface area contributed by atoms with Gasteiger partial charge in [0.25, 0.3) is 0 Å². The lowest BCUT2D eigenvalue weighted by atomic mass is 9.82. The number of rotatable bonds is 8. The van der Waals surface area contributed by atoms with Crippen molar-refractivity contribution in [1.29, 1.82) is 0 Å². The molecule has 1 aliphatic carbocycles. The molecule has 0 amide bonds. The Hall–Kier alpha value is -9.18. The Morgan fingerprint density at radius 1 is 0.278 bits per heavy atom. The van der Waals surface area contributed by atoms with Gasteiger partial charge < -0.3 is 14.0 Å². The minimum Gasteiger partial charge on any atom is -0.310 e. The van der Waals surface area contributed by atoms with E-state index < -0.39 is 0 Å². The van der Waals surface area contributed by atoms with Crippen LogP contribution in [-0.2, 0) is 5.41 Å². The molecule has 0 saturated heterocycles. The van der Waals surface area contributed by atoms with Crippen molar-refractivity contribution in [2.75, 3.05) is 4.90 Å². The van der Waals surface area contributed by atoms with Gasteiger partial charge in [-0.05, 0) is 171 Å². The molecule has 72 heavy (non-hydrogen) atoms. The highest BCUT2D eigenvalue weighted by atomic mass is 15.1. The van der Waals surface area contributed by atoms with E-state index in [1.54, 1.807) is 0 Å². The van der Waals surface area contributed by atoms with Crippen molar-refractivity contribution in [3.05, 3.63) is 272 Å². The Bertz CT molecular complexity index is 4040. The molecule has 0 aliphatic heterocycles. The molecule has 0 N–H and O–H groups in total. The minimum atomic E-state index is -0.107. The number of hydrogen-bond donors (Lipinski definition) is 0. The summed E-state index contributed by atoms with van der Waals surface area (Å²) in [6.07, 6.45) is 0. The van der Waals surface area contributed by atoms with Crippen molar-refractivity contribution >= 4 is 60.7 Å². The van der Waals surface area contributed by atoms with E-state index in [9.17, 15) is 0 Å². The predicted octanol–water partition coefficient (Wildman–Crippen LogP) is 18.7. The maximum absolute atomic E-state index is 2.41. The Kier molecular flexibility index (Phi) is 9.56. The summed E-state index contributed by atoms with van der Waals surface area (Å²) < 4.78 is 4.78. The quantitative estimate of drug-likeness (QED) is 0.148. The second kappa shape index (κ2) is 16.5. The van der Waals surface area contributed by atoms with Crippen LogP contribution in [0.1, 0.15) is 25.0 Å². The summed E-state index contributed by atoms with van der Waals surface area (Å²) in [5, 5.41) is 4.95. The molecule has 11 aromatic carbocycles. The van der Waals surface area contributed by atoms with E-state index in [0.717, 1.165) is 39.6 Å². The summed E-state index contributed by atoms with van der Waals surface area (Å²) in [6, 6.07) is 96.0. The lowest BCUT2D eigenvalue weighted by Gasteiger charge is -2.28. The molecule has 2 aromatic heterocycles. The number of aromatic nitrogens is 2. The van der Waals surface area contributed by atoms with E-state index >= 15 is 0 Å². The van der Waals surface area contributed by atoms with Crippen LogP contribution in [0.5, 0.6) is 0 Å². The number of nitrogens with zero attached hydrogens (tertiary/aromatic N) is 3. The van der Waals surface area contributed by atoms with Crippen LogP contribution in [-0.4, -0.2) is 9.13 Å². The number of hydrogen-bond acceptors (Lipinski definition) is 1. The van der Waals surface area contributed by atoms with Crippen LogP contribution in [0.2, 0.25) is 0 Å². The summed E-state index contributed by atoms with van der Waals surface area (Å²) in [4.78, 5) is 2.40. The third-order valence-electron chi connectivity index (χ3n) is 15.3. The van der Waals surface area contributed by atoms with Gasteiger partial charge in [-0.1, -0.05) is 159 Å². The fraction of sp³-hybridized carbons (Fsp3) is 0.0435. The van der Waals surface area contributed by atoms with Gasteiger partial charge in [-0.15, -0.1) is 0 Å². The smallest absolute Gasteiger partial charge is 0.0541 e. The maximum Gasteiger partial charge on any atom is 0.0541 e. The third-order valence-corrected chi connectivity index (χ3v) is 15.3. The van der Waals surface area contributed by atoms with E-state index in [-0.39, 0.29) is 5.41 Å². The van der Waals surface area contributed by atoms with E-state index in [4.69, 9.17) is 0 Å². The molecule has 0 bridgehead atoms. The highest BCUT2D eigenvalue weighted by Crippen LogP contribution is 2.51. The summed E-state index contributed by atoms with van der Waals surface area (Å²) >= 11 is 0. The SMILES string of the molecule is CC1(C)c2ccccc2-c2ccc(N(c3ccccc3)c3ccc(-c4cc(-c5ccc6c(c5)c5ccccc5n6-c5ccccc5)cc(-c5ccc6c(c5)c5ccccc5n6-c5ccccc5)c4)cc3)cc21. The van der Waals surface area contributed by atoms with Crippen molar-refractivity contribution in [1.82, 2.24) is 9.13 Å². The fourth-order valence-electron chi connectivity index (χ4n) is 11.8. The molecule has 0 saturated carbocycles. The topological polar surface area (TPSA) is 13.1 Å². The first-order valence-corrected chi connectivity index (χ1v) is 25.0. The molecule has 0 spiro atoms. The number of benzene rings is 11. The molecule has 0 atom stereocenters. The van der Waals surface area contributed by atoms with Gasteiger partial charge in [-0.25, -0.2) is 0 Å². The first kappa shape index (κ1) is 41.8. The van der Waals surface area contributed by atoms with Crippen LogP contribution < -0.4 is 4.90 Å². The molecule has 340 valence electrons. The van der Waals surface area contributed by atoms with Crippen LogP contribution in [0, 0.1) is 0 Å². The summed E-state index contributed by atoms with van der Waals surface area (Å²) in [7, 11) is 0. The molecule has 13 aromatic rings. The molecule has 0 radical (unpaired) electrons. The monoisotopic (exact) mass is 919 g/mol. The van der Waals surface area contributed by atoms with Gasteiger partial charge in [0.1, 0.15) is 0 Å². The summed E-state index contributed by atoms with van der Waals surface area (Å²) in [5.41, 5.74) is 22.8. The summed E-state index contributed by atoms with van der Waals surface area (Å²) in [5.74, 6) is 0. The second-order valence-corrected chi connectivity index (χ2v) is 19.8. The highest BCUT2D eigenvalue weighted by Gasteiger charge is 2.35. The van der Waals surface area contributed by atoms with Crippen molar-refractivity contribution in [2.45, 2.75) is 19.3 Å². The Morgan fingerprint density at radius 2 is 0.694 bits per heavy atom. The zero-order valence-electron chi connectivity index (χ0n) is 40.2. The van der Waals surface area contributed by atoms with Gasteiger partial charge in [0, 0.05) is 55.4 Å². The standard InChI is InChI=1S/C69H49N3/c1-69(2)63-27-15-12-24-57(63)58-37-36-56(45-64(58)69)70(52-18-6-3-7-19-52)55-34-30-46(31-35-55)49-40-50(47-32-38-67-61(43-47)59-25-13-16-28-65(59)71(67)53-20-8-4-9-21-53)42-51(41-49)48-33-39-68-62(44-48)60-26-14-17-29-66(60)72(68)54-22-10-5-11-23-54/h3-45H,1-2H3. The number of anilines is 3. The average molecular weight is 920 g/mol. The van der Waals surface area contributed by atoms with Crippen LogP contribution in [0.3, 0.4) is 0 Å². The van der Waals surface area contributed by atoms with E-state index in [0.29, 0.717) is 0 Å². The van der Waals surface area contributed by atoms with E-state index in [1.807, 2.05) is 0 Å². The van der Waals surface area contributed by atoms with Crippen LogP contribution in [0.25, 0.3) is 99.5 Å². The lowest BCUT2D eigenvalue weighted by molar-refractivity contribution is 0.660. The zero-order chi connectivity index (χ0) is 47.9. The maximum atomic E-state index is 2.41. The Labute approximate surface area is 419 Å². The van der Waals surface area contributed by atoms with E-state index in [2.05, 4.69) is 289 Å². The lowest BCUT2D eigenvalue weighted by Crippen LogP contribution is -2.16. The van der Waals surface area contributed by atoms with Crippen LogP contribution >= 0.6 is 0 Å². The molecule has 1 aliphatic rings. The van der Waals surface area contributed by atoms with Gasteiger partial charge in [-0.3, -0.25) is 0 Å². The molecule has 2 heterocycles. The molecule has 0 fully saturated rings. The van der Waals surface area contributed by atoms with Crippen molar-refractivity contribution in [2.24, 2.45) is 0 Å². The predicted molar refractivity (Wildman–Crippen MR) is 304 cm³/mol. The average Bonchev–Trinajstić information content (AvgIpc) is 4.04. The van der Waals surface area contributed by atoms with Gasteiger partial charge >= 0.3 is 0 Å². The van der Waals surface area contributed by atoms with Gasteiger partial charge in [0.15, 0.2) is 0 Å². The Balaban J connectivity index is 0.925. The minimum absolute atomic E-state index is 0.107. The first-order chi connectivity index (χ1) is 35.5. The zero-order valence-corrected chi connectivity index (χ0v) is 40.2. The van der Waals surface area contributed by atoms with Gasteiger partial charge in [0.2, 0.25) is 0 Å². The fourth-order valence-corrected chi connectivity index (χ4v) is 11.8. The van der Waals surface area contributed by atoms with E-state index in [1.165, 1.54) is 88.1 Å². The normalized spacial score (nSPS) is 12.7. The molecule has 3 heteroatoms. The largest absolute Gasteiger partial charge is 0.310 e. The molecular formula is C69H49N3. The Morgan fingerprint density at radius 3 is 1.26 bits per heavy atom.